The van der Waals surface area contributed by atoms with Crippen LogP contribution in [0.25, 0.3) is 0 Å². The monoisotopic (exact) mass is 311 g/mol. The molecular weight excluding hydrogens is 290 g/mol. The van der Waals surface area contributed by atoms with Crippen molar-refractivity contribution in [3.8, 4) is 0 Å². The minimum atomic E-state index is -0.484. The lowest BCUT2D eigenvalue weighted by Crippen LogP contribution is -2.69. The number of carbonyl (C=O) groups excluding carboxylic acids is 1. The predicted octanol–water partition coefficient (Wildman–Crippen LogP) is 1.58. The van der Waals surface area contributed by atoms with E-state index < -0.39 is 11.1 Å². The smallest absolute Gasteiger partial charge is 0.410 e. The van der Waals surface area contributed by atoms with E-state index in [4.69, 9.17) is 9.47 Å². The Balaban J connectivity index is 1.81. The second kappa shape index (κ2) is 5.23. The minimum Gasteiger partial charge on any atom is -0.444 e. The highest BCUT2D eigenvalue weighted by molar-refractivity contribution is 7.09. The van der Waals surface area contributed by atoms with Crippen LogP contribution in [0.1, 0.15) is 25.8 Å². The van der Waals surface area contributed by atoms with E-state index in [0.717, 1.165) is 5.01 Å². The first-order valence-electron chi connectivity index (χ1n) is 7.11. The number of nitrogens with one attached hydrogen (secondary N) is 1. The molecule has 2 atom stereocenters. The highest BCUT2D eigenvalue weighted by Gasteiger charge is 2.47. The molecule has 116 valence electrons. The summed E-state index contributed by atoms with van der Waals surface area (Å²) in [5.74, 6) is 0. The van der Waals surface area contributed by atoms with Gasteiger partial charge in [-0.2, -0.15) is 0 Å². The molecule has 21 heavy (non-hydrogen) atoms. The zero-order valence-electron chi connectivity index (χ0n) is 12.6. The molecule has 7 heteroatoms. The van der Waals surface area contributed by atoms with Crippen LogP contribution in [0.5, 0.6) is 0 Å². The van der Waals surface area contributed by atoms with E-state index in [1.807, 2.05) is 26.2 Å². The minimum absolute atomic E-state index is 0.115. The van der Waals surface area contributed by atoms with E-state index in [1.54, 1.807) is 22.4 Å². The highest BCUT2D eigenvalue weighted by Crippen LogP contribution is 2.32. The standard InChI is InChI=1S/C14H21N3O3S/c1-13(2,3)20-12(18)17-6-10-7-19-9-14(8-17,16-10)11-15-4-5-21-11/h4-5,10,16H,6-9H2,1-3H3. The van der Waals surface area contributed by atoms with Crippen molar-refractivity contribution in [2.45, 2.75) is 38.0 Å². The van der Waals surface area contributed by atoms with E-state index in [0.29, 0.717) is 26.3 Å². The predicted molar refractivity (Wildman–Crippen MR) is 79.3 cm³/mol. The van der Waals surface area contributed by atoms with Crippen molar-refractivity contribution in [1.29, 1.82) is 0 Å². The van der Waals surface area contributed by atoms with Gasteiger partial charge in [0.1, 0.15) is 16.1 Å². The lowest BCUT2D eigenvalue weighted by Gasteiger charge is -2.49. The molecule has 0 saturated carbocycles. The van der Waals surface area contributed by atoms with E-state index in [-0.39, 0.29) is 12.1 Å². The third-order valence-electron chi connectivity index (χ3n) is 3.54. The molecule has 2 aliphatic rings. The number of ether oxygens (including phenoxy) is 2. The van der Waals surface area contributed by atoms with Crippen molar-refractivity contribution in [3.63, 3.8) is 0 Å². The fourth-order valence-electron chi connectivity index (χ4n) is 2.81. The number of thiazole rings is 1. The molecule has 2 fully saturated rings. The maximum absolute atomic E-state index is 12.4. The lowest BCUT2D eigenvalue weighted by molar-refractivity contribution is -0.0629. The third kappa shape index (κ3) is 3.04. The van der Waals surface area contributed by atoms with Gasteiger partial charge in [0.2, 0.25) is 0 Å². The molecule has 6 nitrogen and oxygen atoms in total. The number of rotatable bonds is 1. The Kier molecular flexibility index (Phi) is 3.67. The van der Waals surface area contributed by atoms with Crippen LogP contribution in [0.2, 0.25) is 0 Å². The first-order valence-corrected chi connectivity index (χ1v) is 7.99. The van der Waals surface area contributed by atoms with Gasteiger partial charge >= 0.3 is 6.09 Å². The number of aromatic nitrogens is 1. The van der Waals surface area contributed by atoms with Gasteiger partial charge in [-0.25, -0.2) is 9.78 Å². The molecule has 0 aliphatic carbocycles. The van der Waals surface area contributed by atoms with Crippen LogP contribution in [-0.4, -0.2) is 53.9 Å². The summed E-state index contributed by atoms with van der Waals surface area (Å²) in [6.07, 6.45) is 1.52. The van der Waals surface area contributed by atoms with Gasteiger partial charge < -0.3 is 14.4 Å². The van der Waals surface area contributed by atoms with E-state index >= 15 is 0 Å². The summed E-state index contributed by atoms with van der Waals surface area (Å²) in [6, 6.07) is 0.115. The van der Waals surface area contributed by atoms with Gasteiger partial charge in [-0.15, -0.1) is 11.3 Å². The molecule has 0 aromatic carbocycles. The maximum atomic E-state index is 12.4. The molecule has 0 radical (unpaired) electrons. The topological polar surface area (TPSA) is 63.7 Å². The van der Waals surface area contributed by atoms with Crippen molar-refractivity contribution in [1.82, 2.24) is 15.2 Å². The molecule has 1 aromatic rings. The molecule has 1 N–H and O–H groups in total. The number of nitrogens with zero attached hydrogens (tertiary/aromatic N) is 2. The van der Waals surface area contributed by atoms with Crippen LogP contribution < -0.4 is 5.32 Å². The van der Waals surface area contributed by atoms with Crippen molar-refractivity contribution >= 4 is 17.4 Å². The fraction of sp³-hybridized carbons (Fsp3) is 0.714. The Morgan fingerprint density at radius 1 is 1.62 bits per heavy atom. The Morgan fingerprint density at radius 2 is 2.43 bits per heavy atom. The van der Waals surface area contributed by atoms with Crippen LogP contribution in [0.4, 0.5) is 4.79 Å². The molecule has 3 rings (SSSR count). The van der Waals surface area contributed by atoms with Gasteiger partial charge in [0.25, 0.3) is 0 Å². The van der Waals surface area contributed by atoms with Gasteiger partial charge in [-0.1, -0.05) is 0 Å². The normalized spacial score (nSPS) is 29.3. The zero-order valence-corrected chi connectivity index (χ0v) is 13.4. The van der Waals surface area contributed by atoms with Crippen molar-refractivity contribution in [2.75, 3.05) is 26.3 Å². The number of piperazine rings is 1. The molecule has 2 bridgehead atoms. The Labute approximate surface area is 128 Å². The summed E-state index contributed by atoms with van der Waals surface area (Å²) in [6.45, 7) is 7.89. The van der Waals surface area contributed by atoms with Gasteiger partial charge in [0, 0.05) is 24.2 Å². The second-order valence-electron chi connectivity index (χ2n) is 6.64. The first-order chi connectivity index (χ1) is 9.88. The van der Waals surface area contributed by atoms with Crippen LogP contribution in [0.3, 0.4) is 0 Å². The van der Waals surface area contributed by atoms with Gasteiger partial charge in [-0.3, -0.25) is 5.32 Å². The lowest BCUT2D eigenvalue weighted by atomic mass is 9.93. The fourth-order valence-corrected chi connectivity index (χ4v) is 3.59. The van der Waals surface area contributed by atoms with Gasteiger partial charge in [-0.05, 0) is 20.8 Å². The Bertz CT molecular complexity index is 514. The van der Waals surface area contributed by atoms with Crippen molar-refractivity contribution < 1.29 is 14.3 Å². The average Bonchev–Trinajstić information content (AvgIpc) is 2.90. The Hall–Kier alpha value is -1.18. The van der Waals surface area contributed by atoms with Crippen LogP contribution >= 0.6 is 11.3 Å². The van der Waals surface area contributed by atoms with Crippen LogP contribution in [0.15, 0.2) is 11.6 Å². The number of hydrogen-bond acceptors (Lipinski definition) is 6. The second-order valence-corrected chi connectivity index (χ2v) is 7.53. The number of morpholine rings is 1. The molecule has 3 heterocycles. The molecule has 1 amide bonds. The van der Waals surface area contributed by atoms with Gasteiger partial charge in [0.05, 0.1) is 19.8 Å². The first kappa shape index (κ1) is 14.7. The molecule has 1 aromatic heterocycles. The SMILES string of the molecule is CC(C)(C)OC(=O)N1CC2COCC(c3nccs3)(C1)N2. The molecular formula is C14H21N3O3S. The summed E-state index contributed by atoms with van der Waals surface area (Å²) in [5.41, 5.74) is -0.895. The Morgan fingerprint density at radius 3 is 3.10 bits per heavy atom. The summed E-state index contributed by atoms with van der Waals surface area (Å²) in [5, 5.41) is 6.49. The third-order valence-corrected chi connectivity index (χ3v) is 4.52. The molecule has 2 saturated heterocycles. The van der Waals surface area contributed by atoms with Crippen molar-refractivity contribution in [2.24, 2.45) is 0 Å². The quantitative estimate of drug-likeness (QED) is 0.853. The van der Waals surface area contributed by atoms with Gasteiger partial charge in [0.15, 0.2) is 0 Å². The van der Waals surface area contributed by atoms with E-state index in [1.165, 1.54) is 0 Å². The number of hydrogen-bond donors (Lipinski definition) is 1. The summed E-state index contributed by atoms with van der Waals surface area (Å²) in [4.78, 5) is 18.6. The van der Waals surface area contributed by atoms with Crippen molar-refractivity contribution in [3.05, 3.63) is 16.6 Å². The largest absolute Gasteiger partial charge is 0.444 e. The van der Waals surface area contributed by atoms with Crippen LogP contribution in [-0.2, 0) is 15.0 Å². The number of amides is 1. The summed E-state index contributed by atoms with van der Waals surface area (Å²) < 4.78 is 11.2. The number of fused-ring (bicyclic) bond motifs is 2. The molecule has 2 unspecified atom stereocenters. The van der Waals surface area contributed by atoms with Crippen LogP contribution in [0, 0.1) is 0 Å². The van der Waals surface area contributed by atoms with E-state index in [2.05, 4.69) is 10.3 Å². The zero-order chi connectivity index (χ0) is 15.1. The highest BCUT2D eigenvalue weighted by atomic mass is 32.1. The number of carbonyl (C=O) groups is 1. The van der Waals surface area contributed by atoms with E-state index in [9.17, 15) is 4.79 Å². The molecule has 0 spiro atoms. The summed E-state index contributed by atoms with van der Waals surface area (Å²) >= 11 is 1.58. The molecule has 2 aliphatic heterocycles. The summed E-state index contributed by atoms with van der Waals surface area (Å²) in [7, 11) is 0. The average molecular weight is 311 g/mol. The maximum Gasteiger partial charge on any atom is 0.410 e.